The van der Waals surface area contributed by atoms with Crippen LogP contribution >= 0.6 is 0 Å². The molecule has 3 nitrogen and oxygen atoms in total. The van der Waals surface area contributed by atoms with E-state index in [0.717, 1.165) is 5.56 Å². The van der Waals surface area contributed by atoms with Crippen LogP contribution in [0.1, 0.15) is 12.5 Å². The molecule has 0 aliphatic heterocycles. The lowest BCUT2D eigenvalue weighted by Crippen LogP contribution is -2.26. The summed E-state index contributed by atoms with van der Waals surface area (Å²) in [5.74, 6) is -0.205. The second-order valence-corrected chi connectivity index (χ2v) is 4.09. The molecule has 18 heavy (non-hydrogen) atoms. The van der Waals surface area contributed by atoms with Crippen LogP contribution in [-0.2, 0) is 15.1 Å². The van der Waals surface area contributed by atoms with E-state index in [9.17, 15) is 4.79 Å². The van der Waals surface area contributed by atoms with Gasteiger partial charge >= 0.3 is 0 Å². The molecule has 0 N–H and O–H groups in total. The number of nitrogens with zero attached hydrogens (tertiary/aromatic N) is 1. The molecule has 92 valence electrons. The molecular formula is C15H15NO2. The predicted octanol–water partition coefficient (Wildman–Crippen LogP) is 2.64. The second-order valence-electron chi connectivity index (χ2n) is 4.09. The van der Waals surface area contributed by atoms with Gasteiger partial charge in [0.15, 0.2) is 0 Å². The van der Waals surface area contributed by atoms with Gasteiger partial charge in [-0.15, -0.1) is 0 Å². The Morgan fingerprint density at radius 3 is 2.28 bits per heavy atom. The first kappa shape index (κ1) is 12.5. The van der Waals surface area contributed by atoms with E-state index in [1.807, 2.05) is 42.5 Å². The number of methoxy groups -OCH3 is 1. The quantitative estimate of drug-likeness (QED) is 0.798. The lowest BCUT2D eigenvalue weighted by atomic mass is 9.89. The molecule has 1 amide bonds. The van der Waals surface area contributed by atoms with Crippen LogP contribution in [0.5, 0.6) is 0 Å². The Labute approximate surface area is 107 Å². The minimum Gasteiger partial charge on any atom is -0.365 e. The number of allylic oxidation sites excluding steroid dienone is 2. The zero-order chi connectivity index (χ0) is 13.0. The maximum atomic E-state index is 10.9. The predicted molar refractivity (Wildman–Crippen MR) is 71.5 cm³/mol. The standard InChI is InChI=1S/C15H15NO2/c1-12(17)16-14-8-10-15(18-2,11-9-14)13-6-4-3-5-7-13/h3-11H,1-2H3. The molecular weight excluding hydrogens is 226 g/mol. The molecule has 1 aromatic rings. The molecule has 0 atom stereocenters. The van der Waals surface area contributed by atoms with E-state index in [2.05, 4.69) is 4.99 Å². The summed E-state index contributed by atoms with van der Waals surface area (Å²) in [5.41, 5.74) is 1.12. The van der Waals surface area contributed by atoms with Crippen LogP contribution in [-0.4, -0.2) is 18.7 Å². The minimum absolute atomic E-state index is 0.205. The highest BCUT2D eigenvalue weighted by Crippen LogP contribution is 2.30. The monoisotopic (exact) mass is 241 g/mol. The van der Waals surface area contributed by atoms with Crippen LogP contribution in [0.25, 0.3) is 0 Å². The van der Waals surface area contributed by atoms with Crippen LogP contribution in [0, 0.1) is 0 Å². The number of aliphatic imine (C=N–C) groups is 1. The summed E-state index contributed by atoms with van der Waals surface area (Å²) >= 11 is 0. The number of hydrogen-bond donors (Lipinski definition) is 0. The first-order valence-electron chi connectivity index (χ1n) is 5.75. The van der Waals surface area contributed by atoms with E-state index in [1.165, 1.54) is 6.92 Å². The normalized spacial score (nSPS) is 22.0. The average Bonchev–Trinajstić information content (AvgIpc) is 2.40. The number of carbonyl (C=O) groups is 1. The molecule has 0 bridgehead atoms. The van der Waals surface area contributed by atoms with Crippen molar-refractivity contribution in [1.82, 2.24) is 0 Å². The van der Waals surface area contributed by atoms with Gasteiger partial charge in [-0.25, -0.2) is 4.99 Å². The third-order valence-corrected chi connectivity index (χ3v) is 2.85. The molecule has 0 spiro atoms. The van der Waals surface area contributed by atoms with Crippen molar-refractivity contribution in [2.75, 3.05) is 7.11 Å². The van der Waals surface area contributed by atoms with Crippen molar-refractivity contribution in [2.45, 2.75) is 12.5 Å². The number of amides is 1. The zero-order valence-corrected chi connectivity index (χ0v) is 10.5. The van der Waals surface area contributed by atoms with Crippen molar-refractivity contribution in [3.63, 3.8) is 0 Å². The van der Waals surface area contributed by atoms with Gasteiger partial charge in [0.1, 0.15) is 5.60 Å². The van der Waals surface area contributed by atoms with E-state index in [1.54, 1.807) is 19.3 Å². The summed E-state index contributed by atoms with van der Waals surface area (Å²) in [7, 11) is 1.66. The van der Waals surface area contributed by atoms with E-state index >= 15 is 0 Å². The molecule has 0 saturated carbocycles. The molecule has 0 unspecified atom stereocenters. The summed E-state index contributed by atoms with van der Waals surface area (Å²) < 4.78 is 5.60. The average molecular weight is 241 g/mol. The summed E-state index contributed by atoms with van der Waals surface area (Å²) in [6.07, 6.45) is 7.42. The van der Waals surface area contributed by atoms with Crippen molar-refractivity contribution < 1.29 is 9.53 Å². The largest absolute Gasteiger partial charge is 0.365 e. The third kappa shape index (κ3) is 2.46. The molecule has 1 aliphatic rings. The first-order chi connectivity index (χ1) is 8.66. The highest BCUT2D eigenvalue weighted by atomic mass is 16.5. The molecule has 0 radical (unpaired) electrons. The maximum absolute atomic E-state index is 10.9. The molecule has 1 aromatic carbocycles. The maximum Gasteiger partial charge on any atom is 0.243 e. The van der Waals surface area contributed by atoms with Crippen LogP contribution in [0.2, 0.25) is 0 Å². The Hall–Kier alpha value is -2.00. The fourth-order valence-corrected chi connectivity index (χ4v) is 1.93. The van der Waals surface area contributed by atoms with Crippen LogP contribution in [0.15, 0.2) is 59.6 Å². The number of rotatable bonds is 2. The van der Waals surface area contributed by atoms with Gasteiger partial charge in [0, 0.05) is 14.0 Å². The lowest BCUT2D eigenvalue weighted by molar-refractivity contribution is -0.115. The topological polar surface area (TPSA) is 38.7 Å². The van der Waals surface area contributed by atoms with Gasteiger partial charge in [0.25, 0.3) is 0 Å². The summed E-state index contributed by atoms with van der Waals surface area (Å²) in [5, 5.41) is 0. The van der Waals surface area contributed by atoms with E-state index in [-0.39, 0.29) is 5.91 Å². The zero-order valence-electron chi connectivity index (χ0n) is 10.5. The Balaban J connectivity index is 2.35. The van der Waals surface area contributed by atoms with E-state index in [4.69, 9.17) is 4.74 Å². The van der Waals surface area contributed by atoms with Crippen molar-refractivity contribution in [3.8, 4) is 0 Å². The van der Waals surface area contributed by atoms with Crippen molar-refractivity contribution >= 4 is 11.6 Å². The van der Waals surface area contributed by atoms with Crippen LogP contribution in [0.4, 0.5) is 0 Å². The third-order valence-electron chi connectivity index (χ3n) is 2.85. The Kier molecular flexibility index (Phi) is 3.53. The highest BCUT2D eigenvalue weighted by molar-refractivity contribution is 6.10. The van der Waals surface area contributed by atoms with Gasteiger partial charge in [0.2, 0.25) is 5.91 Å². The molecule has 3 heteroatoms. The minimum atomic E-state index is -0.572. The second kappa shape index (κ2) is 5.10. The summed E-state index contributed by atoms with van der Waals surface area (Å²) in [6, 6.07) is 9.91. The molecule has 0 fully saturated rings. The fraction of sp³-hybridized carbons (Fsp3) is 0.200. The molecule has 1 aliphatic carbocycles. The van der Waals surface area contributed by atoms with Crippen molar-refractivity contribution in [2.24, 2.45) is 4.99 Å². The summed E-state index contributed by atoms with van der Waals surface area (Å²) in [6.45, 7) is 1.43. The Morgan fingerprint density at radius 1 is 1.17 bits per heavy atom. The van der Waals surface area contributed by atoms with Gasteiger partial charge < -0.3 is 4.74 Å². The Bertz CT molecular complexity index is 511. The highest BCUT2D eigenvalue weighted by Gasteiger charge is 2.27. The van der Waals surface area contributed by atoms with Crippen LogP contribution in [0.3, 0.4) is 0 Å². The number of benzene rings is 1. The van der Waals surface area contributed by atoms with Crippen molar-refractivity contribution in [3.05, 3.63) is 60.2 Å². The van der Waals surface area contributed by atoms with E-state index in [0.29, 0.717) is 5.71 Å². The smallest absolute Gasteiger partial charge is 0.243 e. The van der Waals surface area contributed by atoms with Gasteiger partial charge in [-0.3, -0.25) is 4.79 Å². The first-order valence-corrected chi connectivity index (χ1v) is 5.75. The fourth-order valence-electron chi connectivity index (χ4n) is 1.93. The number of ether oxygens (including phenoxy) is 1. The molecule has 2 rings (SSSR count). The van der Waals surface area contributed by atoms with Crippen LogP contribution < -0.4 is 0 Å². The molecule has 0 heterocycles. The van der Waals surface area contributed by atoms with E-state index < -0.39 is 5.60 Å². The SMILES string of the molecule is COC1(c2ccccc2)C=CC(=NC(C)=O)C=C1. The molecule has 0 aromatic heterocycles. The number of carbonyl (C=O) groups excluding carboxylic acids is 1. The van der Waals surface area contributed by atoms with Gasteiger partial charge in [0.05, 0.1) is 5.71 Å². The van der Waals surface area contributed by atoms with Gasteiger partial charge in [-0.1, -0.05) is 30.3 Å². The Morgan fingerprint density at radius 2 is 1.78 bits per heavy atom. The lowest BCUT2D eigenvalue weighted by Gasteiger charge is -2.28. The molecule has 0 saturated heterocycles. The van der Waals surface area contributed by atoms with Gasteiger partial charge in [-0.2, -0.15) is 0 Å². The van der Waals surface area contributed by atoms with Crippen molar-refractivity contribution in [1.29, 1.82) is 0 Å². The van der Waals surface area contributed by atoms with Gasteiger partial charge in [-0.05, 0) is 29.9 Å². The number of hydrogen-bond acceptors (Lipinski definition) is 2. The summed E-state index contributed by atoms with van der Waals surface area (Å²) in [4.78, 5) is 14.8.